The first-order chi connectivity index (χ1) is 7.59. The van der Waals surface area contributed by atoms with E-state index in [2.05, 4.69) is 15.3 Å². The Hall–Kier alpha value is -2.04. The number of hydrogen-bond donors (Lipinski definition) is 0. The second kappa shape index (κ2) is 3.84. The molecule has 0 spiro atoms. The van der Waals surface area contributed by atoms with Gasteiger partial charge in [0.15, 0.2) is 11.5 Å². The van der Waals surface area contributed by atoms with Crippen molar-refractivity contribution in [2.24, 2.45) is 0 Å². The van der Waals surface area contributed by atoms with Gasteiger partial charge in [0.25, 0.3) is 0 Å². The minimum absolute atomic E-state index is 0.0793. The monoisotopic (exact) mass is 216 g/mol. The van der Waals surface area contributed by atoms with Crippen molar-refractivity contribution in [3.8, 4) is 5.69 Å². The molecule has 5 heteroatoms. The van der Waals surface area contributed by atoms with Crippen LogP contribution in [0.5, 0.6) is 0 Å². The molecule has 2 rings (SSSR count). The highest BCUT2D eigenvalue weighted by Crippen LogP contribution is 2.12. The molecule has 0 aliphatic rings. The fourth-order valence-corrected chi connectivity index (χ4v) is 1.55. The standard InChI is InChI=1S/C11H12N4O/c1-7-4-10(6-12-5-7)15-8(2)11(9(3)16)13-14-15/h4-6H,1-3H3. The zero-order valence-electron chi connectivity index (χ0n) is 9.43. The summed E-state index contributed by atoms with van der Waals surface area (Å²) in [6.45, 7) is 5.25. The summed E-state index contributed by atoms with van der Waals surface area (Å²) in [6, 6.07) is 1.94. The van der Waals surface area contributed by atoms with Gasteiger partial charge in [-0.05, 0) is 25.5 Å². The van der Waals surface area contributed by atoms with E-state index in [0.717, 1.165) is 16.9 Å². The van der Waals surface area contributed by atoms with Gasteiger partial charge in [0.1, 0.15) is 0 Å². The number of aromatic nitrogens is 4. The molecular weight excluding hydrogens is 204 g/mol. The van der Waals surface area contributed by atoms with Crippen LogP contribution < -0.4 is 0 Å². The lowest BCUT2D eigenvalue weighted by Gasteiger charge is -2.03. The van der Waals surface area contributed by atoms with Gasteiger partial charge in [-0.3, -0.25) is 9.78 Å². The molecule has 16 heavy (non-hydrogen) atoms. The fraction of sp³-hybridized carbons (Fsp3) is 0.273. The maximum atomic E-state index is 11.2. The van der Waals surface area contributed by atoms with Crippen molar-refractivity contribution in [3.05, 3.63) is 35.4 Å². The molecule has 0 saturated carbocycles. The molecule has 2 aromatic heterocycles. The van der Waals surface area contributed by atoms with Crippen molar-refractivity contribution in [1.29, 1.82) is 0 Å². The molecular formula is C11H12N4O. The number of carbonyl (C=O) groups excluding carboxylic acids is 1. The molecule has 0 radical (unpaired) electrons. The summed E-state index contributed by atoms with van der Waals surface area (Å²) >= 11 is 0. The van der Waals surface area contributed by atoms with Crippen LogP contribution in [0.15, 0.2) is 18.5 Å². The molecule has 0 aromatic carbocycles. The molecule has 0 amide bonds. The minimum atomic E-state index is -0.0793. The third kappa shape index (κ3) is 1.71. The van der Waals surface area contributed by atoms with Gasteiger partial charge < -0.3 is 0 Å². The minimum Gasteiger partial charge on any atom is -0.293 e. The molecule has 0 N–H and O–H groups in total. The zero-order chi connectivity index (χ0) is 11.7. The van der Waals surface area contributed by atoms with Gasteiger partial charge >= 0.3 is 0 Å². The van der Waals surface area contributed by atoms with Gasteiger partial charge in [0.05, 0.1) is 17.6 Å². The Morgan fingerprint density at radius 3 is 2.62 bits per heavy atom. The van der Waals surface area contributed by atoms with E-state index in [1.807, 2.05) is 19.9 Å². The summed E-state index contributed by atoms with van der Waals surface area (Å²) in [6.07, 6.45) is 3.46. The van der Waals surface area contributed by atoms with E-state index in [1.54, 1.807) is 17.1 Å². The van der Waals surface area contributed by atoms with Crippen LogP contribution in [-0.2, 0) is 0 Å². The smallest absolute Gasteiger partial charge is 0.181 e. The maximum Gasteiger partial charge on any atom is 0.181 e. The Morgan fingerprint density at radius 2 is 2.06 bits per heavy atom. The average Bonchev–Trinajstić information content (AvgIpc) is 2.60. The van der Waals surface area contributed by atoms with Crippen LogP contribution in [0, 0.1) is 13.8 Å². The molecule has 0 fully saturated rings. The summed E-state index contributed by atoms with van der Waals surface area (Å²) in [5.41, 5.74) is 3.00. The van der Waals surface area contributed by atoms with E-state index in [0.29, 0.717) is 5.69 Å². The normalized spacial score (nSPS) is 10.4. The summed E-state index contributed by atoms with van der Waals surface area (Å²) < 4.78 is 1.62. The van der Waals surface area contributed by atoms with Crippen LogP contribution in [0.4, 0.5) is 0 Å². The van der Waals surface area contributed by atoms with Crippen LogP contribution in [0.2, 0.25) is 0 Å². The van der Waals surface area contributed by atoms with E-state index >= 15 is 0 Å². The van der Waals surface area contributed by atoms with Crippen LogP contribution >= 0.6 is 0 Å². The van der Waals surface area contributed by atoms with Crippen LogP contribution in [0.1, 0.15) is 28.7 Å². The van der Waals surface area contributed by atoms with E-state index in [9.17, 15) is 4.79 Å². The number of nitrogens with zero attached hydrogens (tertiary/aromatic N) is 4. The zero-order valence-corrected chi connectivity index (χ0v) is 9.43. The van der Waals surface area contributed by atoms with Gasteiger partial charge in [0, 0.05) is 13.1 Å². The Bertz CT molecular complexity index is 545. The van der Waals surface area contributed by atoms with Crippen molar-refractivity contribution >= 4 is 5.78 Å². The first kappa shape index (κ1) is 10.5. The molecule has 2 aromatic rings. The lowest BCUT2D eigenvalue weighted by Crippen LogP contribution is -2.01. The van der Waals surface area contributed by atoms with Gasteiger partial charge in [0.2, 0.25) is 0 Å². The van der Waals surface area contributed by atoms with E-state index in [-0.39, 0.29) is 5.78 Å². The molecule has 0 aliphatic heterocycles. The number of ketones is 1. The number of rotatable bonds is 2. The molecule has 5 nitrogen and oxygen atoms in total. The second-order valence-electron chi connectivity index (χ2n) is 3.71. The van der Waals surface area contributed by atoms with E-state index in [1.165, 1.54) is 6.92 Å². The topological polar surface area (TPSA) is 60.7 Å². The first-order valence-corrected chi connectivity index (χ1v) is 4.95. The summed E-state index contributed by atoms with van der Waals surface area (Å²) in [7, 11) is 0. The van der Waals surface area contributed by atoms with Crippen molar-refractivity contribution in [1.82, 2.24) is 20.0 Å². The van der Waals surface area contributed by atoms with Crippen molar-refractivity contribution < 1.29 is 4.79 Å². The number of aryl methyl sites for hydroxylation is 1. The fourth-order valence-electron chi connectivity index (χ4n) is 1.55. The predicted octanol–water partition coefficient (Wildman–Crippen LogP) is 1.48. The van der Waals surface area contributed by atoms with E-state index in [4.69, 9.17) is 0 Å². The summed E-state index contributed by atoms with van der Waals surface area (Å²) in [5.74, 6) is -0.0793. The lowest BCUT2D eigenvalue weighted by atomic mass is 10.2. The van der Waals surface area contributed by atoms with Crippen molar-refractivity contribution in [2.75, 3.05) is 0 Å². The Labute approximate surface area is 93.1 Å². The Balaban J connectivity index is 2.53. The molecule has 0 atom stereocenters. The largest absolute Gasteiger partial charge is 0.293 e. The highest BCUT2D eigenvalue weighted by molar-refractivity contribution is 5.93. The number of hydrogen-bond acceptors (Lipinski definition) is 4. The Morgan fingerprint density at radius 1 is 1.31 bits per heavy atom. The number of carbonyl (C=O) groups is 1. The quantitative estimate of drug-likeness (QED) is 0.713. The van der Waals surface area contributed by atoms with Crippen LogP contribution in [0.3, 0.4) is 0 Å². The Kier molecular flexibility index (Phi) is 2.52. The summed E-state index contributed by atoms with van der Waals surface area (Å²) in [5, 5.41) is 7.81. The van der Waals surface area contributed by atoms with E-state index < -0.39 is 0 Å². The third-order valence-corrected chi connectivity index (χ3v) is 2.33. The molecule has 0 unspecified atom stereocenters. The SMILES string of the molecule is CC(=O)c1nnn(-c2cncc(C)c2)c1C. The molecule has 82 valence electrons. The third-order valence-electron chi connectivity index (χ3n) is 2.33. The van der Waals surface area contributed by atoms with Crippen molar-refractivity contribution in [2.45, 2.75) is 20.8 Å². The van der Waals surface area contributed by atoms with Gasteiger partial charge in [-0.2, -0.15) is 0 Å². The second-order valence-corrected chi connectivity index (χ2v) is 3.71. The lowest BCUT2D eigenvalue weighted by molar-refractivity contribution is 0.101. The average molecular weight is 216 g/mol. The van der Waals surface area contributed by atoms with Crippen LogP contribution in [0.25, 0.3) is 5.69 Å². The number of Topliss-reactive ketones (excluding diaryl/α,β-unsaturated/α-hetero) is 1. The molecule has 0 aliphatic carbocycles. The molecule has 2 heterocycles. The maximum absolute atomic E-state index is 11.2. The van der Waals surface area contributed by atoms with Crippen LogP contribution in [-0.4, -0.2) is 25.8 Å². The summed E-state index contributed by atoms with van der Waals surface area (Å²) in [4.78, 5) is 15.3. The molecule has 0 bridgehead atoms. The molecule has 0 saturated heterocycles. The highest BCUT2D eigenvalue weighted by atomic mass is 16.1. The highest BCUT2D eigenvalue weighted by Gasteiger charge is 2.13. The predicted molar refractivity (Wildman–Crippen MR) is 58.6 cm³/mol. The first-order valence-electron chi connectivity index (χ1n) is 4.95. The number of pyridine rings is 1. The van der Waals surface area contributed by atoms with Gasteiger partial charge in [-0.1, -0.05) is 5.21 Å². The van der Waals surface area contributed by atoms with Crippen molar-refractivity contribution in [3.63, 3.8) is 0 Å². The van der Waals surface area contributed by atoms with Gasteiger partial charge in [-0.25, -0.2) is 4.68 Å². The van der Waals surface area contributed by atoms with Gasteiger partial charge in [-0.15, -0.1) is 5.10 Å².